The van der Waals surface area contributed by atoms with Crippen molar-refractivity contribution in [3.05, 3.63) is 44.8 Å². The van der Waals surface area contributed by atoms with Gasteiger partial charge in [-0.2, -0.15) is 4.98 Å². The Morgan fingerprint density at radius 2 is 2.10 bits per heavy atom. The van der Waals surface area contributed by atoms with Gasteiger partial charge in [0.2, 0.25) is 5.89 Å². The zero-order valence-electron chi connectivity index (χ0n) is 11.7. The highest BCUT2D eigenvalue weighted by Gasteiger charge is 2.22. The molecule has 2 heterocycles. The van der Waals surface area contributed by atoms with E-state index in [4.69, 9.17) is 10.3 Å². The number of nitrogens with two attached hydrogens (primary N) is 1. The molecule has 2 N–H and O–H groups in total. The van der Waals surface area contributed by atoms with Gasteiger partial charge in [-0.1, -0.05) is 5.16 Å². The van der Waals surface area contributed by atoms with E-state index in [-0.39, 0.29) is 12.4 Å². The Bertz CT molecular complexity index is 720. The fraction of sp³-hybridized carbons (Fsp3) is 0.500. The van der Waals surface area contributed by atoms with Crippen molar-refractivity contribution in [2.75, 3.05) is 0 Å². The third kappa shape index (κ3) is 2.69. The van der Waals surface area contributed by atoms with Gasteiger partial charge >= 0.3 is 5.69 Å². The summed E-state index contributed by atoms with van der Waals surface area (Å²) in [5.41, 5.74) is 4.29. The summed E-state index contributed by atoms with van der Waals surface area (Å²) < 4.78 is 7.50. The lowest BCUT2D eigenvalue weighted by molar-refractivity contribution is 0.351. The third-order valence-electron chi connectivity index (χ3n) is 2.82. The first kappa shape index (κ1) is 14.2. The van der Waals surface area contributed by atoms with Gasteiger partial charge in [-0.25, -0.2) is 4.79 Å². The largest absolute Gasteiger partial charge is 0.337 e. The Balaban J connectivity index is 2.38. The first-order valence-corrected chi connectivity index (χ1v) is 6.25. The Labute approximate surface area is 114 Å². The minimum absolute atomic E-state index is 0.0679. The molecule has 8 heteroatoms. The molecule has 2 rings (SSSR count). The second kappa shape index (κ2) is 5.04. The highest BCUT2D eigenvalue weighted by atomic mass is 16.5. The molecule has 0 radical (unpaired) electrons. The average Bonchev–Trinajstić information content (AvgIpc) is 2.83. The van der Waals surface area contributed by atoms with E-state index >= 15 is 0 Å². The lowest BCUT2D eigenvalue weighted by atomic mass is 10.1. The Morgan fingerprint density at radius 3 is 2.65 bits per heavy atom. The van der Waals surface area contributed by atoms with Crippen LogP contribution in [0.5, 0.6) is 0 Å². The van der Waals surface area contributed by atoms with Crippen LogP contribution in [-0.2, 0) is 18.6 Å². The SMILES string of the molecule is CCn1ccc(=O)n(Cc2nc(C(C)(C)N)no2)c1=O. The zero-order chi connectivity index (χ0) is 14.9. The summed E-state index contributed by atoms with van der Waals surface area (Å²) in [5.74, 6) is 0.499. The molecule has 0 aromatic carbocycles. The standard InChI is InChI=1S/C12H17N5O3/c1-4-16-6-5-9(18)17(11(16)19)7-8-14-10(15-20-8)12(2,3)13/h5-6H,4,7,13H2,1-3H3. The second-order valence-corrected chi connectivity index (χ2v) is 5.04. The van der Waals surface area contributed by atoms with Crippen LogP contribution in [0.1, 0.15) is 32.5 Å². The molecule has 0 unspecified atom stereocenters. The molecule has 0 saturated carbocycles. The van der Waals surface area contributed by atoms with Gasteiger partial charge in [-0.15, -0.1) is 0 Å². The molecule has 20 heavy (non-hydrogen) atoms. The van der Waals surface area contributed by atoms with Crippen LogP contribution >= 0.6 is 0 Å². The molecule has 2 aromatic heterocycles. The fourth-order valence-corrected chi connectivity index (χ4v) is 1.66. The highest BCUT2D eigenvalue weighted by Crippen LogP contribution is 2.12. The monoisotopic (exact) mass is 279 g/mol. The molecule has 8 nitrogen and oxygen atoms in total. The number of hydrogen-bond donors (Lipinski definition) is 1. The molecule has 2 aromatic rings. The molecular weight excluding hydrogens is 262 g/mol. The van der Waals surface area contributed by atoms with Crippen molar-refractivity contribution < 1.29 is 4.52 Å². The van der Waals surface area contributed by atoms with Gasteiger partial charge in [0, 0.05) is 18.8 Å². The smallest absolute Gasteiger partial charge is 0.331 e. The van der Waals surface area contributed by atoms with E-state index in [2.05, 4.69) is 10.1 Å². The van der Waals surface area contributed by atoms with Gasteiger partial charge in [0.15, 0.2) is 5.82 Å². The maximum Gasteiger partial charge on any atom is 0.331 e. The summed E-state index contributed by atoms with van der Waals surface area (Å²) in [6.45, 7) is 5.70. The number of aromatic nitrogens is 4. The molecule has 0 aliphatic carbocycles. The van der Waals surface area contributed by atoms with Gasteiger partial charge in [0.1, 0.15) is 6.54 Å². The van der Waals surface area contributed by atoms with Gasteiger partial charge in [-0.3, -0.25) is 9.36 Å². The summed E-state index contributed by atoms with van der Waals surface area (Å²) in [7, 11) is 0. The topological polar surface area (TPSA) is 109 Å². The summed E-state index contributed by atoms with van der Waals surface area (Å²) in [6.07, 6.45) is 1.46. The molecule has 0 amide bonds. The number of hydrogen-bond acceptors (Lipinski definition) is 6. The lowest BCUT2D eigenvalue weighted by Crippen LogP contribution is -2.39. The predicted molar refractivity (Wildman–Crippen MR) is 71.2 cm³/mol. The molecule has 0 atom stereocenters. The Morgan fingerprint density at radius 1 is 1.40 bits per heavy atom. The van der Waals surface area contributed by atoms with Crippen molar-refractivity contribution in [1.82, 2.24) is 19.3 Å². The first-order chi connectivity index (χ1) is 9.32. The molecule has 0 fully saturated rings. The quantitative estimate of drug-likeness (QED) is 0.819. The van der Waals surface area contributed by atoms with Crippen molar-refractivity contribution in [2.45, 2.75) is 39.4 Å². The van der Waals surface area contributed by atoms with Crippen molar-refractivity contribution in [3.63, 3.8) is 0 Å². The minimum Gasteiger partial charge on any atom is -0.337 e. The van der Waals surface area contributed by atoms with Crippen molar-refractivity contribution in [2.24, 2.45) is 5.73 Å². The van der Waals surface area contributed by atoms with Crippen molar-refractivity contribution in [1.29, 1.82) is 0 Å². The summed E-state index contributed by atoms with van der Waals surface area (Å²) >= 11 is 0. The van der Waals surface area contributed by atoms with Crippen LogP contribution < -0.4 is 17.0 Å². The third-order valence-corrected chi connectivity index (χ3v) is 2.82. The number of aryl methyl sites for hydroxylation is 1. The average molecular weight is 279 g/mol. The summed E-state index contributed by atoms with van der Waals surface area (Å²) in [6, 6.07) is 1.33. The van der Waals surface area contributed by atoms with E-state index in [1.165, 1.54) is 16.8 Å². The number of rotatable bonds is 4. The minimum atomic E-state index is -0.743. The Kier molecular flexibility index (Phi) is 3.58. The predicted octanol–water partition coefficient (Wildman–Crippen LogP) is -0.345. The molecule has 0 spiro atoms. The van der Waals surface area contributed by atoms with E-state index < -0.39 is 16.8 Å². The van der Waals surface area contributed by atoms with Crippen LogP contribution in [-0.4, -0.2) is 19.3 Å². The zero-order valence-corrected chi connectivity index (χ0v) is 11.7. The van der Waals surface area contributed by atoms with E-state index in [0.29, 0.717) is 12.4 Å². The fourth-order valence-electron chi connectivity index (χ4n) is 1.66. The lowest BCUT2D eigenvalue weighted by Gasteiger charge is -2.11. The van der Waals surface area contributed by atoms with Crippen LogP contribution in [0.3, 0.4) is 0 Å². The van der Waals surface area contributed by atoms with E-state index in [1.54, 1.807) is 13.8 Å². The van der Waals surface area contributed by atoms with Gasteiger partial charge in [-0.05, 0) is 20.8 Å². The van der Waals surface area contributed by atoms with Crippen molar-refractivity contribution >= 4 is 0 Å². The van der Waals surface area contributed by atoms with Crippen LogP contribution in [0.25, 0.3) is 0 Å². The Hall–Kier alpha value is -2.22. The van der Waals surface area contributed by atoms with E-state index in [0.717, 1.165) is 4.57 Å². The molecular formula is C12H17N5O3. The van der Waals surface area contributed by atoms with E-state index in [1.807, 2.05) is 6.92 Å². The molecule has 0 aliphatic rings. The molecule has 0 aliphatic heterocycles. The van der Waals surface area contributed by atoms with Crippen LogP contribution in [0.2, 0.25) is 0 Å². The normalized spacial score (nSPS) is 11.8. The van der Waals surface area contributed by atoms with Crippen molar-refractivity contribution in [3.8, 4) is 0 Å². The number of nitrogens with zero attached hydrogens (tertiary/aromatic N) is 4. The van der Waals surface area contributed by atoms with Crippen LogP contribution in [0.4, 0.5) is 0 Å². The maximum absolute atomic E-state index is 12.0. The second-order valence-electron chi connectivity index (χ2n) is 5.04. The molecule has 108 valence electrons. The maximum atomic E-state index is 12.0. The van der Waals surface area contributed by atoms with Gasteiger partial charge in [0.05, 0.1) is 5.54 Å². The van der Waals surface area contributed by atoms with Gasteiger partial charge < -0.3 is 14.8 Å². The first-order valence-electron chi connectivity index (χ1n) is 6.25. The molecule has 0 saturated heterocycles. The summed E-state index contributed by atoms with van der Waals surface area (Å²) in [5, 5.41) is 3.75. The van der Waals surface area contributed by atoms with Gasteiger partial charge in [0.25, 0.3) is 5.56 Å². The molecule has 0 bridgehead atoms. The summed E-state index contributed by atoms with van der Waals surface area (Å²) in [4.78, 5) is 27.9. The van der Waals surface area contributed by atoms with E-state index in [9.17, 15) is 9.59 Å². The van der Waals surface area contributed by atoms with Crippen LogP contribution in [0, 0.1) is 0 Å². The highest BCUT2D eigenvalue weighted by molar-refractivity contribution is 4.99. The van der Waals surface area contributed by atoms with Crippen LogP contribution in [0.15, 0.2) is 26.4 Å².